The first kappa shape index (κ1) is 57.5. The van der Waals surface area contributed by atoms with Gasteiger partial charge in [0.15, 0.2) is 29.0 Å². The number of anilines is 3. The van der Waals surface area contributed by atoms with Crippen molar-refractivity contribution in [3.05, 3.63) is 103 Å². The van der Waals surface area contributed by atoms with Gasteiger partial charge in [0.2, 0.25) is 10.9 Å². The van der Waals surface area contributed by atoms with Crippen LogP contribution in [0, 0.1) is 36.5 Å². The molecule has 1 amide bonds. The van der Waals surface area contributed by atoms with Gasteiger partial charge < -0.3 is 69.6 Å². The van der Waals surface area contributed by atoms with Crippen molar-refractivity contribution in [2.45, 2.75) is 92.5 Å². The molecule has 9 rings (SSSR count). The zero-order valence-corrected chi connectivity index (χ0v) is 45.9. The number of aromatic hydroxyl groups is 2. The first-order valence-electron chi connectivity index (χ1n) is 26.2. The number of amides is 1. The number of aromatic nitrogens is 1. The zero-order chi connectivity index (χ0) is 57.5. The summed E-state index contributed by atoms with van der Waals surface area (Å²) in [5.41, 5.74) is 3.90. The Kier molecular flexibility index (Phi) is 16.7. The number of piperazine rings is 1. The van der Waals surface area contributed by atoms with E-state index in [1.54, 1.807) is 39.8 Å². The van der Waals surface area contributed by atoms with Crippen molar-refractivity contribution in [3.63, 3.8) is 0 Å². The number of phenols is 2. The molecule has 0 spiro atoms. The molecular formula is C58H69N5O16. The van der Waals surface area contributed by atoms with Crippen molar-refractivity contribution in [1.29, 1.82) is 0 Å². The van der Waals surface area contributed by atoms with Crippen LogP contribution in [0.3, 0.4) is 0 Å². The van der Waals surface area contributed by atoms with Gasteiger partial charge in [0, 0.05) is 117 Å². The van der Waals surface area contributed by atoms with Crippen LogP contribution in [-0.2, 0) is 28.5 Å². The van der Waals surface area contributed by atoms with Gasteiger partial charge in [0.25, 0.3) is 5.91 Å². The number of carbonyl (C=O) groups is 3. The van der Waals surface area contributed by atoms with Gasteiger partial charge in [0.05, 0.1) is 35.2 Å². The van der Waals surface area contributed by atoms with Crippen molar-refractivity contribution in [1.82, 2.24) is 9.88 Å². The Labute approximate surface area is 455 Å². The highest BCUT2D eigenvalue weighted by molar-refractivity contribution is 6.17. The highest BCUT2D eigenvalue weighted by Crippen LogP contribution is 2.42. The molecule has 5 aromatic rings. The molecule has 0 saturated carbocycles. The van der Waals surface area contributed by atoms with Crippen LogP contribution in [0.15, 0.2) is 80.5 Å². The molecule has 4 aliphatic heterocycles. The fraction of sp³-hybridized carbons (Fsp3) is 0.448. The van der Waals surface area contributed by atoms with E-state index in [-0.39, 0.29) is 66.3 Å². The van der Waals surface area contributed by atoms with Crippen LogP contribution < -0.4 is 36.8 Å². The van der Waals surface area contributed by atoms with Crippen LogP contribution in [0.25, 0.3) is 38.7 Å². The van der Waals surface area contributed by atoms with Crippen LogP contribution in [0.1, 0.15) is 71.3 Å². The maximum atomic E-state index is 15.0. The number of benzene rings is 4. The summed E-state index contributed by atoms with van der Waals surface area (Å²) in [5.74, 6) is -9.42. The molecule has 79 heavy (non-hydrogen) atoms. The Hall–Kier alpha value is -7.72. The topological polar surface area (TPSA) is 303 Å². The summed E-state index contributed by atoms with van der Waals surface area (Å²) in [6.07, 6.45) is 2.46. The van der Waals surface area contributed by atoms with Gasteiger partial charge in [-0.05, 0) is 38.0 Å². The predicted octanol–water partition coefficient (Wildman–Crippen LogP) is 5.46. The molecule has 8 N–H and O–H groups in total. The molecule has 1 aromatic heterocycles. The van der Waals surface area contributed by atoms with Crippen LogP contribution in [0.2, 0.25) is 0 Å². The Morgan fingerprint density at radius 2 is 1.63 bits per heavy atom. The Morgan fingerprint density at radius 3 is 2.30 bits per heavy atom. The van der Waals surface area contributed by atoms with Crippen LogP contribution in [0.5, 0.6) is 17.2 Å². The highest BCUT2D eigenvalue weighted by Gasteiger charge is 2.44. The number of nitrogens with zero attached hydrogens (tertiary/aromatic N) is 3. The maximum absolute atomic E-state index is 15.0. The molecule has 9 atom stereocenters. The second kappa shape index (κ2) is 22.9. The van der Waals surface area contributed by atoms with Crippen molar-refractivity contribution in [3.8, 4) is 17.2 Å². The standard InChI is InChI=1S/C58H69N5O16/c1-27(2)25-62-17-19-63(20-18-62)35-23-38(65)45-40(24-35)77-54-46(60-45)42-43-50(69)33(8)53-44(42)55(71)58(9,79-53)76-21-16-39(74-10)30(5)52(78-41(66)26-75-57(73)36-15-14-34(59)22-37(36)64)32(7)49(68)31(6)48(67)28(3)12-11-13-29(4)56(72)61-47(54)51(43)70/h11-16,21-24,27-28,30-32,39,48-49,52,64,67-69,71H,17-20,25-26,59H2,1-10H3,(H,61,72)/b12-11+,21-16+,29-13-. The number of carbonyl (C=O) groups excluding carboxylic acids is 3. The average molecular weight is 1090 g/mol. The van der Waals surface area contributed by atoms with Gasteiger partial charge in [-0.1, -0.05) is 59.8 Å². The lowest BCUT2D eigenvalue weighted by Crippen LogP contribution is -2.47. The number of nitrogen functional groups attached to an aromatic ring is 1. The third-order valence-corrected chi connectivity index (χ3v) is 15.3. The monoisotopic (exact) mass is 1090 g/mol. The van der Waals surface area contributed by atoms with E-state index in [2.05, 4.69) is 29.0 Å². The Balaban J connectivity index is 1.25. The number of ether oxygens (including phenoxy) is 5. The van der Waals surface area contributed by atoms with E-state index in [0.717, 1.165) is 32.0 Å². The summed E-state index contributed by atoms with van der Waals surface area (Å²) in [7, 11) is 1.37. The molecule has 5 heterocycles. The van der Waals surface area contributed by atoms with E-state index < -0.39 is 112 Å². The molecule has 0 aliphatic carbocycles. The normalized spacial score (nSPS) is 26.9. The van der Waals surface area contributed by atoms with E-state index in [0.29, 0.717) is 24.7 Å². The van der Waals surface area contributed by atoms with E-state index in [1.807, 2.05) is 0 Å². The van der Waals surface area contributed by atoms with Gasteiger partial charge >= 0.3 is 17.7 Å². The molecule has 1 fully saturated rings. The van der Waals surface area contributed by atoms with Gasteiger partial charge in [-0.15, -0.1) is 0 Å². The number of aliphatic hydroxyl groups excluding tert-OH is 3. The molecule has 0 radical (unpaired) electrons. The van der Waals surface area contributed by atoms with Crippen LogP contribution in [0.4, 0.5) is 17.1 Å². The first-order valence-corrected chi connectivity index (χ1v) is 26.2. The first-order chi connectivity index (χ1) is 37.3. The van der Waals surface area contributed by atoms with Crippen molar-refractivity contribution >= 4 is 73.6 Å². The number of allylic oxidation sites excluding steroid dienone is 2. The van der Waals surface area contributed by atoms with Crippen molar-refractivity contribution in [2.75, 3.05) is 62.4 Å². The fourth-order valence-corrected chi connectivity index (χ4v) is 10.7. The number of nitrogens with one attached hydrogen (secondary N) is 1. The third-order valence-electron chi connectivity index (χ3n) is 15.3. The van der Waals surface area contributed by atoms with Crippen molar-refractivity contribution in [2.24, 2.45) is 29.6 Å². The molecule has 4 aromatic carbocycles. The second-order valence-electron chi connectivity index (χ2n) is 21.5. The SMILES string of the molecule is COC1/C=C/OC2(C)Oc3c(C)c(O)c4c(=O)c(c5oc6cc(N7CCN(CC(C)C)CC7)cc(=O)c6nc5c4c3=C2O)NC(=O)/C(C)=C\C=C\C(C)C(O)C(C)C(O)C(C)C(OC(=O)COC(=O)c2ccc(N)cc2O)C1C. The van der Waals surface area contributed by atoms with E-state index in [9.17, 15) is 44.7 Å². The number of nitrogens with two attached hydrogens (primary N) is 1. The van der Waals surface area contributed by atoms with Gasteiger partial charge in [-0.25, -0.2) is 14.6 Å². The summed E-state index contributed by atoms with van der Waals surface area (Å²) >= 11 is 0. The number of phenolic OH excluding ortho intramolecular Hbond substituents is 2. The van der Waals surface area contributed by atoms with Crippen molar-refractivity contribution < 1.29 is 68.0 Å². The number of methoxy groups -OCH3 is 1. The maximum Gasteiger partial charge on any atom is 0.344 e. The summed E-state index contributed by atoms with van der Waals surface area (Å²) < 4.78 is 36.1. The minimum atomic E-state index is -2.08. The zero-order valence-electron chi connectivity index (χ0n) is 45.9. The van der Waals surface area contributed by atoms with Gasteiger partial charge in [-0.3, -0.25) is 19.3 Å². The lowest BCUT2D eigenvalue weighted by Gasteiger charge is -2.38. The summed E-state index contributed by atoms with van der Waals surface area (Å²) in [6, 6.07) is 6.87. The van der Waals surface area contributed by atoms with Crippen LogP contribution >= 0.6 is 0 Å². The lowest BCUT2D eigenvalue weighted by molar-refractivity contribution is -0.166. The molecule has 1 saturated heterocycles. The quantitative estimate of drug-likeness (QED) is 0.0439. The highest BCUT2D eigenvalue weighted by atomic mass is 16.7. The minimum Gasteiger partial charge on any atom is -0.507 e. The number of aliphatic hydroxyl groups is 3. The molecule has 4 aliphatic rings. The summed E-state index contributed by atoms with van der Waals surface area (Å²) in [4.78, 5) is 79.0. The summed E-state index contributed by atoms with van der Waals surface area (Å²) in [6.45, 7) is 18.0. The number of fused-ring (bicyclic) bond motifs is 14. The van der Waals surface area contributed by atoms with E-state index in [4.69, 9.17) is 38.8 Å². The van der Waals surface area contributed by atoms with Gasteiger partial charge in [0.1, 0.15) is 40.1 Å². The number of hydrogen-bond acceptors (Lipinski definition) is 20. The Bertz CT molecular complexity index is 3490. The number of rotatable bonds is 8. The third kappa shape index (κ3) is 11.3. The van der Waals surface area contributed by atoms with E-state index in [1.165, 1.54) is 64.3 Å². The number of esters is 2. The lowest BCUT2D eigenvalue weighted by atomic mass is 9.78. The molecule has 9 unspecified atom stereocenters. The predicted molar refractivity (Wildman–Crippen MR) is 296 cm³/mol. The second-order valence-corrected chi connectivity index (χ2v) is 21.5. The minimum absolute atomic E-state index is 0.00659. The number of hydrogen-bond donors (Lipinski definition) is 7. The summed E-state index contributed by atoms with van der Waals surface area (Å²) in [5, 5.41) is 60.2. The van der Waals surface area contributed by atoms with Gasteiger partial charge in [-0.2, -0.15) is 0 Å². The molecule has 5 bridgehead atoms. The Morgan fingerprint density at radius 1 is 0.924 bits per heavy atom. The average Bonchev–Trinajstić information content (AvgIpc) is 4.00. The molecule has 21 nitrogen and oxygen atoms in total. The molecule has 422 valence electrons. The van der Waals surface area contributed by atoms with Crippen LogP contribution in [-0.4, -0.2) is 130 Å². The smallest absolute Gasteiger partial charge is 0.344 e. The molecular weight excluding hydrogens is 1020 g/mol. The van der Waals surface area contributed by atoms with E-state index >= 15 is 4.79 Å². The molecule has 21 heteroatoms. The largest absolute Gasteiger partial charge is 0.507 e. The fourth-order valence-electron chi connectivity index (χ4n) is 10.7.